The molecule has 4 rings (SSSR count). The van der Waals surface area contributed by atoms with Crippen LogP contribution in [0, 0.1) is 6.92 Å². The van der Waals surface area contributed by atoms with Crippen molar-refractivity contribution >= 4 is 29.7 Å². The number of methoxy groups -OCH3 is 1. The summed E-state index contributed by atoms with van der Waals surface area (Å²) in [4.78, 5) is 63.8. The number of nitrogens with one attached hydrogen (secondary N) is 1. The quantitative estimate of drug-likeness (QED) is 0.123. The number of hydrogen-bond acceptors (Lipinski definition) is 11. The van der Waals surface area contributed by atoms with Gasteiger partial charge < -0.3 is 34.2 Å². The lowest BCUT2D eigenvalue weighted by molar-refractivity contribution is -0.177. The number of aliphatic hydroxyl groups is 1. The van der Waals surface area contributed by atoms with Gasteiger partial charge in [-0.2, -0.15) is 0 Å². The Morgan fingerprint density at radius 1 is 0.857 bits per heavy atom. The fourth-order valence-electron chi connectivity index (χ4n) is 5.30. The first kappa shape index (κ1) is 39.3. The van der Waals surface area contributed by atoms with Gasteiger partial charge in [-0.3, -0.25) is 19.2 Å². The summed E-state index contributed by atoms with van der Waals surface area (Å²) in [5.41, 5.74) is 5.24. The Labute approximate surface area is 287 Å². The molecule has 0 aromatic heterocycles. The average molecular weight is 685 g/mol. The summed E-state index contributed by atoms with van der Waals surface area (Å²) in [6.07, 6.45) is 2.78. The number of aliphatic hydroxyl groups excluding tert-OH is 1. The van der Waals surface area contributed by atoms with Crippen LogP contribution >= 0.6 is 0 Å². The highest BCUT2D eigenvalue weighted by Gasteiger charge is 2.35. The summed E-state index contributed by atoms with van der Waals surface area (Å²) < 4.78 is 21.0. The van der Waals surface area contributed by atoms with Gasteiger partial charge in [0.05, 0.1) is 6.61 Å². The van der Waals surface area contributed by atoms with Gasteiger partial charge in [-0.05, 0) is 73.9 Å². The summed E-state index contributed by atoms with van der Waals surface area (Å²) in [5.74, 6) is -1.52. The third kappa shape index (κ3) is 12.7. The van der Waals surface area contributed by atoms with Crippen LogP contribution in [-0.2, 0) is 38.2 Å². The summed E-state index contributed by atoms with van der Waals surface area (Å²) >= 11 is 0. The maximum atomic E-state index is 12.8. The molecule has 2 N–H and O–H groups in total. The molecule has 2 aromatic rings. The van der Waals surface area contributed by atoms with E-state index in [1.807, 2.05) is 31.2 Å². The molecule has 1 aliphatic heterocycles. The molecular formula is C36H48N2O11. The monoisotopic (exact) mass is 684 g/mol. The Hall–Kier alpha value is -4.17. The van der Waals surface area contributed by atoms with Crippen LogP contribution < -0.4 is 5.32 Å². The zero-order valence-electron chi connectivity index (χ0n) is 28.6. The first-order chi connectivity index (χ1) is 23.7. The highest BCUT2D eigenvalue weighted by atomic mass is 16.8. The van der Waals surface area contributed by atoms with Crippen LogP contribution in [0.1, 0.15) is 84.8 Å². The van der Waals surface area contributed by atoms with Crippen molar-refractivity contribution in [2.75, 3.05) is 59.9 Å². The van der Waals surface area contributed by atoms with Crippen molar-refractivity contribution in [2.45, 2.75) is 64.7 Å². The first-order valence-corrected chi connectivity index (χ1v) is 16.6. The lowest BCUT2D eigenvalue weighted by Gasteiger charge is -2.17. The fraction of sp³-hybridized carbons (Fsp3) is 0.528. The lowest BCUT2D eigenvalue weighted by atomic mass is 9.95. The number of amides is 3. The van der Waals surface area contributed by atoms with E-state index in [2.05, 4.69) is 5.32 Å². The number of ether oxygens (including phenoxy) is 4. The number of hydrogen-bond donors (Lipinski definition) is 2. The van der Waals surface area contributed by atoms with Crippen LogP contribution in [0.15, 0.2) is 36.4 Å². The van der Waals surface area contributed by atoms with E-state index in [0.29, 0.717) is 56.6 Å². The second kappa shape index (κ2) is 21.0. The average Bonchev–Trinajstić information content (AvgIpc) is 3.56. The minimum Gasteiger partial charge on any atom is -0.432 e. The predicted octanol–water partition coefficient (Wildman–Crippen LogP) is 4.25. The molecule has 2 aromatic carbocycles. The molecule has 0 bridgehead atoms. The molecule has 1 heterocycles. The molecule has 13 heteroatoms. The number of rotatable bonds is 19. The van der Waals surface area contributed by atoms with E-state index in [0.717, 1.165) is 53.5 Å². The predicted molar refractivity (Wildman–Crippen MR) is 179 cm³/mol. The molecule has 1 unspecified atom stereocenters. The van der Waals surface area contributed by atoms with Crippen molar-refractivity contribution in [1.82, 2.24) is 10.4 Å². The van der Waals surface area contributed by atoms with Gasteiger partial charge in [0.15, 0.2) is 0 Å². The van der Waals surface area contributed by atoms with Crippen molar-refractivity contribution in [2.24, 2.45) is 0 Å². The normalized spacial score (nSPS) is 14.5. The Bertz CT molecular complexity index is 1410. The molecule has 1 atom stereocenters. The van der Waals surface area contributed by atoms with E-state index >= 15 is 0 Å². The molecule has 1 aliphatic carbocycles. The van der Waals surface area contributed by atoms with Gasteiger partial charge in [-0.25, -0.2) is 4.79 Å². The minimum absolute atomic E-state index is 0.000447. The van der Waals surface area contributed by atoms with E-state index in [-0.39, 0.29) is 43.7 Å². The van der Waals surface area contributed by atoms with E-state index < -0.39 is 18.0 Å². The van der Waals surface area contributed by atoms with Gasteiger partial charge in [0, 0.05) is 77.4 Å². The van der Waals surface area contributed by atoms with Crippen molar-refractivity contribution in [3.05, 3.63) is 58.7 Å². The van der Waals surface area contributed by atoms with Crippen LogP contribution in [-0.4, -0.2) is 99.7 Å². The number of nitrogens with zero attached hydrogens (tertiary/aromatic N) is 1. The number of fused-ring (bicyclic) bond motifs is 3. The number of imide groups is 1. The van der Waals surface area contributed by atoms with Crippen LogP contribution in [0.2, 0.25) is 0 Å². The number of hydroxylamine groups is 2. The molecule has 0 saturated carbocycles. The van der Waals surface area contributed by atoms with Crippen LogP contribution in [0.25, 0.3) is 11.1 Å². The number of aryl methyl sites for hydroxylation is 1. The summed E-state index contributed by atoms with van der Waals surface area (Å²) in [7, 11) is 1.64. The number of benzene rings is 2. The van der Waals surface area contributed by atoms with Crippen molar-refractivity contribution in [1.29, 1.82) is 0 Å². The first-order valence-electron chi connectivity index (χ1n) is 16.6. The molecule has 3 amide bonds. The van der Waals surface area contributed by atoms with Gasteiger partial charge in [-0.1, -0.05) is 34.9 Å². The Morgan fingerprint density at radius 2 is 1.51 bits per heavy atom. The SMILES string of the molecule is CC(=O)CCCOCCCCO.COCCCOCCNC(=O)c1ccc2c(c1)C(COC(=O)ON1C(=O)CCC1=O)c1cc(C)ccc1-2. The molecule has 1 saturated heterocycles. The standard InChI is InChI=1S/C27H30N2O8.C9H18O3/c1-17-4-6-19-20-7-5-18(26(32)28-10-13-35-12-3-11-34-2)15-22(20)23(21(19)14-17)16-36-27(33)37-29-24(30)8-9-25(29)31;1-9(11)5-4-8-12-7-3-2-6-10/h4-7,14-15,23H,3,8-13,16H2,1-2H3,(H,28,32);10H,2-8H2,1H3. The van der Waals surface area contributed by atoms with E-state index in [1.54, 1.807) is 26.2 Å². The Kier molecular flexibility index (Phi) is 16.9. The highest BCUT2D eigenvalue weighted by molar-refractivity contribution is 6.01. The third-order valence-electron chi connectivity index (χ3n) is 7.78. The number of carbonyl (C=O) groups is 5. The number of carbonyl (C=O) groups excluding carboxylic acids is 5. The fourth-order valence-corrected chi connectivity index (χ4v) is 5.30. The van der Waals surface area contributed by atoms with Gasteiger partial charge in [0.1, 0.15) is 12.4 Å². The lowest BCUT2D eigenvalue weighted by Crippen LogP contribution is -2.32. The van der Waals surface area contributed by atoms with Gasteiger partial charge in [-0.15, -0.1) is 0 Å². The topological polar surface area (TPSA) is 167 Å². The number of ketones is 1. The molecule has 2 aliphatic rings. The number of Topliss-reactive ketones (excluding diaryl/α,β-unsaturated/α-hetero) is 1. The maximum absolute atomic E-state index is 12.8. The van der Waals surface area contributed by atoms with Gasteiger partial charge in [0.25, 0.3) is 17.7 Å². The minimum atomic E-state index is -1.13. The van der Waals surface area contributed by atoms with Crippen molar-refractivity contribution in [3.63, 3.8) is 0 Å². The van der Waals surface area contributed by atoms with Crippen LogP contribution in [0.5, 0.6) is 0 Å². The number of unbranched alkanes of at least 4 members (excludes halogenated alkanes) is 1. The largest absolute Gasteiger partial charge is 0.533 e. The van der Waals surface area contributed by atoms with Crippen LogP contribution in [0.3, 0.4) is 0 Å². The Balaban J connectivity index is 0.000000463. The highest BCUT2D eigenvalue weighted by Crippen LogP contribution is 2.45. The molecule has 268 valence electrons. The zero-order chi connectivity index (χ0) is 35.6. The van der Waals surface area contributed by atoms with E-state index in [4.69, 9.17) is 28.9 Å². The second-order valence-electron chi connectivity index (χ2n) is 11.7. The molecule has 0 radical (unpaired) electrons. The Morgan fingerprint density at radius 3 is 2.20 bits per heavy atom. The third-order valence-corrected chi connectivity index (χ3v) is 7.78. The molecule has 49 heavy (non-hydrogen) atoms. The van der Waals surface area contributed by atoms with Crippen molar-refractivity contribution < 1.29 is 52.9 Å². The van der Waals surface area contributed by atoms with Gasteiger partial charge >= 0.3 is 6.16 Å². The summed E-state index contributed by atoms with van der Waals surface area (Å²) in [5, 5.41) is 11.7. The van der Waals surface area contributed by atoms with Gasteiger partial charge in [0.2, 0.25) is 0 Å². The smallest absolute Gasteiger partial charge is 0.432 e. The molecule has 0 spiro atoms. The second-order valence-corrected chi connectivity index (χ2v) is 11.7. The molecule has 1 fully saturated rings. The maximum Gasteiger partial charge on any atom is 0.533 e. The van der Waals surface area contributed by atoms with Crippen molar-refractivity contribution in [3.8, 4) is 11.1 Å². The summed E-state index contributed by atoms with van der Waals surface area (Å²) in [6, 6.07) is 11.5. The van der Waals surface area contributed by atoms with E-state index in [1.165, 1.54) is 0 Å². The van der Waals surface area contributed by atoms with Crippen LogP contribution in [0.4, 0.5) is 4.79 Å². The van der Waals surface area contributed by atoms with E-state index in [9.17, 15) is 24.0 Å². The molecule has 13 nitrogen and oxygen atoms in total. The zero-order valence-corrected chi connectivity index (χ0v) is 28.6. The molecular weight excluding hydrogens is 636 g/mol. The summed E-state index contributed by atoms with van der Waals surface area (Å²) in [6.45, 7) is 7.01.